The maximum absolute atomic E-state index is 13.4. The fourth-order valence-corrected chi connectivity index (χ4v) is 5.93. The number of methoxy groups -OCH3 is 1. The summed E-state index contributed by atoms with van der Waals surface area (Å²) in [6, 6.07) is 16.6. The van der Waals surface area contributed by atoms with E-state index in [4.69, 9.17) is 4.74 Å². The molecule has 2 aromatic rings. The van der Waals surface area contributed by atoms with Gasteiger partial charge in [-0.05, 0) is 62.0 Å². The Kier molecular flexibility index (Phi) is 8.00. The van der Waals surface area contributed by atoms with Crippen LogP contribution in [0.5, 0.6) is 0 Å². The standard InChI is InChI=1S/C27H35N3O5S/c1-35-26(32)28-24(22-6-4-3-5-7-22)12-16-29-17-13-27(14-18-29)15-19-30(25(27)31)20-21-8-10-23(11-9-21)36(2,33)34/h3-11,24H,12-20H2,1-2H3,(H,28,32). The van der Waals surface area contributed by atoms with Crippen LogP contribution in [0, 0.1) is 5.41 Å². The van der Waals surface area contributed by atoms with E-state index in [0.717, 1.165) is 63.0 Å². The third-order valence-electron chi connectivity index (χ3n) is 7.55. The van der Waals surface area contributed by atoms with Crippen LogP contribution in [-0.4, -0.2) is 69.8 Å². The van der Waals surface area contributed by atoms with Gasteiger partial charge in [0.05, 0.1) is 23.5 Å². The molecule has 0 aromatic heterocycles. The van der Waals surface area contributed by atoms with Crippen LogP contribution < -0.4 is 5.32 Å². The number of nitrogens with zero attached hydrogens (tertiary/aromatic N) is 2. The van der Waals surface area contributed by atoms with Gasteiger partial charge in [0.25, 0.3) is 0 Å². The van der Waals surface area contributed by atoms with Gasteiger partial charge in [0.2, 0.25) is 5.91 Å². The number of amides is 2. The lowest BCUT2D eigenvalue weighted by Crippen LogP contribution is -2.45. The minimum Gasteiger partial charge on any atom is -0.453 e. The van der Waals surface area contributed by atoms with Gasteiger partial charge in [0.15, 0.2) is 9.84 Å². The summed E-state index contributed by atoms with van der Waals surface area (Å²) < 4.78 is 28.2. The highest BCUT2D eigenvalue weighted by Gasteiger charge is 2.47. The monoisotopic (exact) mass is 513 g/mol. The van der Waals surface area contributed by atoms with Gasteiger partial charge in [-0.25, -0.2) is 13.2 Å². The van der Waals surface area contributed by atoms with E-state index in [1.807, 2.05) is 35.2 Å². The quantitative estimate of drug-likeness (QED) is 0.581. The number of carbonyl (C=O) groups is 2. The molecule has 1 N–H and O–H groups in total. The number of piperidine rings is 1. The van der Waals surface area contributed by atoms with Gasteiger partial charge >= 0.3 is 6.09 Å². The maximum Gasteiger partial charge on any atom is 0.407 e. The van der Waals surface area contributed by atoms with E-state index in [2.05, 4.69) is 10.2 Å². The molecular weight excluding hydrogens is 478 g/mol. The van der Waals surface area contributed by atoms with E-state index >= 15 is 0 Å². The number of sulfone groups is 1. The second kappa shape index (κ2) is 11.0. The first-order valence-corrected chi connectivity index (χ1v) is 14.3. The van der Waals surface area contributed by atoms with Crippen LogP contribution in [0.15, 0.2) is 59.5 Å². The van der Waals surface area contributed by atoms with Crippen molar-refractivity contribution in [2.75, 3.05) is 39.5 Å². The van der Waals surface area contributed by atoms with E-state index in [1.165, 1.54) is 13.4 Å². The number of alkyl carbamates (subject to hydrolysis) is 1. The first-order chi connectivity index (χ1) is 17.2. The van der Waals surface area contributed by atoms with Crippen LogP contribution in [0.3, 0.4) is 0 Å². The van der Waals surface area contributed by atoms with Crippen molar-refractivity contribution in [1.29, 1.82) is 0 Å². The highest BCUT2D eigenvalue weighted by atomic mass is 32.2. The van der Waals surface area contributed by atoms with Crippen LogP contribution in [0.2, 0.25) is 0 Å². The Morgan fingerprint density at radius 3 is 2.28 bits per heavy atom. The number of hydrogen-bond acceptors (Lipinski definition) is 6. The van der Waals surface area contributed by atoms with Gasteiger partial charge in [-0.2, -0.15) is 0 Å². The fraction of sp³-hybridized carbons (Fsp3) is 0.481. The topological polar surface area (TPSA) is 96.0 Å². The third kappa shape index (κ3) is 6.07. The first kappa shape index (κ1) is 26.2. The SMILES string of the molecule is COC(=O)NC(CCN1CCC2(CC1)CCN(Cc1ccc(S(C)(=O)=O)cc1)C2=O)c1ccccc1. The van der Waals surface area contributed by atoms with E-state index in [1.54, 1.807) is 24.3 Å². The molecule has 8 nitrogen and oxygen atoms in total. The molecule has 2 fully saturated rings. The van der Waals surface area contributed by atoms with Gasteiger partial charge in [-0.3, -0.25) is 4.79 Å². The highest BCUT2D eigenvalue weighted by Crippen LogP contribution is 2.42. The molecule has 1 atom stereocenters. The van der Waals surface area contributed by atoms with Crippen molar-refractivity contribution in [2.24, 2.45) is 5.41 Å². The molecule has 9 heteroatoms. The second-order valence-electron chi connectivity index (χ2n) is 9.90. The average Bonchev–Trinajstić information content (AvgIpc) is 3.17. The van der Waals surface area contributed by atoms with E-state index in [0.29, 0.717) is 11.4 Å². The fourth-order valence-electron chi connectivity index (χ4n) is 5.30. The number of likely N-dealkylation sites (tertiary alicyclic amines) is 2. The Bertz CT molecular complexity index is 1160. The van der Waals surface area contributed by atoms with Crippen LogP contribution in [-0.2, 0) is 25.9 Å². The zero-order valence-corrected chi connectivity index (χ0v) is 21.8. The maximum atomic E-state index is 13.4. The summed E-state index contributed by atoms with van der Waals surface area (Å²) in [6.45, 7) is 3.76. The van der Waals surface area contributed by atoms with Crippen LogP contribution >= 0.6 is 0 Å². The van der Waals surface area contributed by atoms with Crippen LogP contribution in [0.25, 0.3) is 0 Å². The lowest BCUT2D eigenvalue weighted by molar-refractivity contribution is -0.138. The minimum absolute atomic E-state index is 0.132. The third-order valence-corrected chi connectivity index (χ3v) is 8.68. The first-order valence-electron chi connectivity index (χ1n) is 12.4. The molecule has 1 spiro atoms. The lowest BCUT2D eigenvalue weighted by atomic mass is 9.77. The summed E-state index contributed by atoms with van der Waals surface area (Å²) in [6.07, 6.45) is 4.03. The number of hydrogen-bond donors (Lipinski definition) is 1. The molecule has 2 aromatic carbocycles. The summed E-state index contributed by atoms with van der Waals surface area (Å²) in [5, 5.41) is 2.94. The normalized spacial score (nSPS) is 18.8. The molecular formula is C27H35N3O5S. The zero-order valence-electron chi connectivity index (χ0n) is 21.0. The Morgan fingerprint density at radius 1 is 1.03 bits per heavy atom. The van der Waals surface area contributed by atoms with Gasteiger partial charge in [0, 0.05) is 25.9 Å². The molecule has 0 aliphatic carbocycles. The average molecular weight is 514 g/mol. The molecule has 0 bridgehead atoms. The Labute approximate surface area is 213 Å². The van der Waals surface area contributed by atoms with Gasteiger partial charge in [0.1, 0.15) is 0 Å². The molecule has 36 heavy (non-hydrogen) atoms. The summed E-state index contributed by atoms with van der Waals surface area (Å²) in [4.78, 5) is 29.8. The minimum atomic E-state index is -3.23. The Morgan fingerprint density at radius 2 is 1.67 bits per heavy atom. The molecule has 2 amide bonds. The largest absolute Gasteiger partial charge is 0.453 e. The number of nitrogens with one attached hydrogen (secondary N) is 1. The van der Waals surface area contributed by atoms with Crippen molar-refractivity contribution in [3.05, 3.63) is 65.7 Å². The molecule has 2 saturated heterocycles. The van der Waals surface area contributed by atoms with E-state index in [9.17, 15) is 18.0 Å². The highest BCUT2D eigenvalue weighted by molar-refractivity contribution is 7.90. The molecule has 194 valence electrons. The van der Waals surface area contributed by atoms with Crippen molar-refractivity contribution in [1.82, 2.24) is 15.1 Å². The van der Waals surface area contributed by atoms with Crippen molar-refractivity contribution in [3.63, 3.8) is 0 Å². The molecule has 0 radical (unpaired) electrons. The van der Waals surface area contributed by atoms with Gasteiger partial charge in [-0.15, -0.1) is 0 Å². The molecule has 2 aliphatic heterocycles. The number of benzene rings is 2. The smallest absolute Gasteiger partial charge is 0.407 e. The Hall–Kier alpha value is -2.91. The summed E-state index contributed by atoms with van der Waals surface area (Å²) >= 11 is 0. The number of ether oxygens (including phenoxy) is 1. The molecule has 2 aliphatic rings. The number of rotatable bonds is 8. The summed E-state index contributed by atoms with van der Waals surface area (Å²) in [5.74, 6) is 0.212. The van der Waals surface area contributed by atoms with Crippen LogP contribution in [0.4, 0.5) is 4.79 Å². The molecule has 0 saturated carbocycles. The van der Waals surface area contributed by atoms with Gasteiger partial charge in [-0.1, -0.05) is 42.5 Å². The van der Waals surface area contributed by atoms with Gasteiger partial charge < -0.3 is 19.9 Å². The van der Waals surface area contributed by atoms with Crippen molar-refractivity contribution in [2.45, 2.75) is 43.2 Å². The van der Waals surface area contributed by atoms with E-state index in [-0.39, 0.29) is 17.4 Å². The lowest BCUT2D eigenvalue weighted by Gasteiger charge is -2.38. The number of carbonyl (C=O) groups excluding carboxylic acids is 2. The van der Waals surface area contributed by atoms with E-state index < -0.39 is 15.9 Å². The Balaban J connectivity index is 1.30. The molecule has 2 heterocycles. The summed E-state index contributed by atoms with van der Waals surface area (Å²) in [5.41, 5.74) is 1.68. The van der Waals surface area contributed by atoms with Crippen molar-refractivity contribution >= 4 is 21.8 Å². The zero-order chi connectivity index (χ0) is 25.8. The predicted octanol–water partition coefficient (Wildman–Crippen LogP) is 3.39. The predicted molar refractivity (Wildman–Crippen MR) is 137 cm³/mol. The molecule has 4 rings (SSSR count). The van der Waals surface area contributed by atoms with Crippen molar-refractivity contribution in [3.8, 4) is 0 Å². The second-order valence-corrected chi connectivity index (χ2v) is 11.9. The van der Waals surface area contributed by atoms with Crippen molar-refractivity contribution < 1.29 is 22.7 Å². The summed E-state index contributed by atoms with van der Waals surface area (Å²) in [7, 11) is -1.86. The van der Waals surface area contributed by atoms with Crippen LogP contribution in [0.1, 0.15) is 42.9 Å². The molecule has 1 unspecified atom stereocenters.